The number of halogens is 1. The molecule has 0 aromatic heterocycles. The van der Waals surface area contributed by atoms with Crippen molar-refractivity contribution in [2.45, 2.75) is 97.0 Å². The minimum atomic E-state index is -0.272. The molecule has 1 aromatic rings. The minimum absolute atomic E-state index is 0.216. The lowest BCUT2D eigenvalue weighted by molar-refractivity contribution is -0.146. The van der Waals surface area contributed by atoms with E-state index in [0.29, 0.717) is 13.0 Å². The van der Waals surface area contributed by atoms with Crippen LogP contribution in [0, 0.1) is 3.57 Å². The van der Waals surface area contributed by atoms with Gasteiger partial charge in [-0.3, -0.25) is 9.59 Å². The van der Waals surface area contributed by atoms with Crippen molar-refractivity contribution in [2.75, 3.05) is 6.61 Å². The molecular weight excluding hydrogens is 479 g/mol. The molecule has 5 heteroatoms. The van der Waals surface area contributed by atoms with Crippen LogP contribution in [-0.4, -0.2) is 18.5 Å². The number of ether oxygens (including phenoxy) is 2. The lowest BCUT2D eigenvalue weighted by Crippen LogP contribution is -2.09. The van der Waals surface area contributed by atoms with Crippen LogP contribution < -0.4 is 0 Å². The van der Waals surface area contributed by atoms with E-state index in [1.165, 1.54) is 51.4 Å². The molecule has 0 fully saturated rings. The van der Waals surface area contributed by atoms with Gasteiger partial charge in [-0.2, -0.15) is 0 Å². The molecule has 4 nitrogen and oxygen atoms in total. The van der Waals surface area contributed by atoms with Crippen LogP contribution in [0.15, 0.2) is 24.3 Å². The van der Waals surface area contributed by atoms with Crippen LogP contribution in [0.1, 0.15) is 96.0 Å². The van der Waals surface area contributed by atoms with Crippen LogP contribution in [0.4, 0.5) is 0 Å². The van der Waals surface area contributed by atoms with Gasteiger partial charge in [-0.15, -0.1) is 0 Å². The molecule has 0 N–H and O–H groups in total. The van der Waals surface area contributed by atoms with E-state index in [4.69, 9.17) is 9.47 Å². The summed E-state index contributed by atoms with van der Waals surface area (Å²) in [4.78, 5) is 23.5. The highest BCUT2D eigenvalue weighted by Gasteiger charge is 2.08. The van der Waals surface area contributed by atoms with Gasteiger partial charge in [-0.25, -0.2) is 0 Å². The summed E-state index contributed by atoms with van der Waals surface area (Å²) >= 11 is 2.23. The second kappa shape index (κ2) is 17.7. The quantitative estimate of drug-likeness (QED) is 0.128. The molecule has 0 heterocycles. The van der Waals surface area contributed by atoms with E-state index >= 15 is 0 Å². The normalized spacial score (nSPS) is 10.7. The number of esters is 2. The van der Waals surface area contributed by atoms with Crippen LogP contribution in [0.5, 0.6) is 0 Å². The van der Waals surface area contributed by atoms with E-state index in [1.54, 1.807) is 0 Å². The molecule has 0 saturated heterocycles. The second-order valence-corrected chi connectivity index (χ2v) is 8.79. The Hall–Kier alpha value is -1.11. The van der Waals surface area contributed by atoms with Crippen molar-refractivity contribution in [1.29, 1.82) is 0 Å². The first-order valence-corrected chi connectivity index (χ1v) is 12.3. The first kappa shape index (κ1) is 25.9. The Morgan fingerprint density at radius 2 is 1.38 bits per heavy atom. The van der Waals surface area contributed by atoms with Gasteiger partial charge >= 0.3 is 11.9 Å². The van der Waals surface area contributed by atoms with Gasteiger partial charge in [-0.05, 0) is 53.1 Å². The molecule has 0 aliphatic rings. The van der Waals surface area contributed by atoms with Gasteiger partial charge in [0.1, 0.15) is 6.61 Å². The van der Waals surface area contributed by atoms with E-state index in [2.05, 4.69) is 29.5 Å². The van der Waals surface area contributed by atoms with Crippen molar-refractivity contribution in [3.8, 4) is 0 Å². The van der Waals surface area contributed by atoms with E-state index in [9.17, 15) is 9.59 Å². The van der Waals surface area contributed by atoms with Crippen molar-refractivity contribution in [2.24, 2.45) is 0 Å². The molecule has 0 aliphatic carbocycles. The smallest absolute Gasteiger partial charge is 0.306 e. The van der Waals surface area contributed by atoms with Gasteiger partial charge in [0.05, 0.1) is 6.61 Å². The second-order valence-electron chi connectivity index (χ2n) is 7.55. The lowest BCUT2D eigenvalue weighted by Gasteiger charge is -2.06. The van der Waals surface area contributed by atoms with E-state index in [1.807, 2.05) is 24.3 Å². The highest BCUT2D eigenvalue weighted by atomic mass is 127. The molecule has 0 unspecified atom stereocenters. The molecular formula is C24H37IO4. The molecule has 0 atom stereocenters. The summed E-state index contributed by atoms with van der Waals surface area (Å²) in [6.45, 7) is 3.01. The van der Waals surface area contributed by atoms with Crippen molar-refractivity contribution < 1.29 is 19.1 Å². The first-order valence-electron chi connectivity index (χ1n) is 11.2. The van der Waals surface area contributed by atoms with Gasteiger partial charge < -0.3 is 9.47 Å². The summed E-state index contributed by atoms with van der Waals surface area (Å²) in [5, 5.41) is 0. The zero-order valence-corrected chi connectivity index (χ0v) is 20.1. The van der Waals surface area contributed by atoms with Crippen molar-refractivity contribution in [3.63, 3.8) is 0 Å². The zero-order chi connectivity index (χ0) is 21.2. The Bertz CT molecular complexity index is 574. The maximum absolute atomic E-state index is 11.8. The predicted molar refractivity (Wildman–Crippen MR) is 126 cm³/mol. The summed E-state index contributed by atoms with van der Waals surface area (Å²) in [5.74, 6) is -0.488. The average molecular weight is 516 g/mol. The highest BCUT2D eigenvalue weighted by molar-refractivity contribution is 14.1. The van der Waals surface area contributed by atoms with Gasteiger partial charge in [0.15, 0.2) is 0 Å². The van der Waals surface area contributed by atoms with E-state index in [0.717, 1.165) is 22.0 Å². The molecule has 0 spiro atoms. The predicted octanol–water partition coefficient (Wildman–Crippen LogP) is 6.97. The van der Waals surface area contributed by atoms with Crippen LogP contribution in [-0.2, 0) is 25.7 Å². The Morgan fingerprint density at radius 1 is 0.793 bits per heavy atom. The van der Waals surface area contributed by atoms with Gasteiger partial charge in [0.25, 0.3) is 0 Å². The fourth-order valence-corrected chi connectivity index (χ4v) is 3.70. The van der Waals surface area contributed by atoms with Crippen molar-refractivity contribution in [1.82, 2.24) is 0 Å². The topological polar surface area (TPSA) is 52.6 Å². The van der Waals surface area contributed by atoms with Crippen LogP contribution in [0.2, 0.25) is 0 Å². The summed E-state index contributed by atoms with van der Waals surface area (Å²) in [6, 6.07) is 7.85. The third-order valence-corrected chi connectivity index (χ3v) is 5.48. The number of hydrogen-bond donors (Lipinski definition) is 0. The highest BCUT2D eigenvalue weighted by Crippen LogP contribution is 2.11. The van der Waals surface area contributed by atoms with Crippen LogP contribution in [0.25, 0.3) is 0 Å². The van der Waals surface area contributed by atoms with E-state index in [-0.39, 0.29) is 31.4 Å². The third kappa shape index (κ3) is 15.4. The van der Waals surface area contributed by atoms with Crippen LogP contribution >= 0.6 is 22.6 Å². The monoisotopic (exact) mass is 516 g/mol. The first-order chi connectivity index (χ1) is 14.1. The average Bonchev–Trinajstić information content (AvgIpc) is 2.70. The number of carbonyl (C=O) groups is 2. The minimum Gasteiger partial charge on any atom is -0.466 e. The number of benzene rings is 1. The van der Waals surface area contributed by atoms with Gasteiger partial charge in [-0.1, -0.05) is 76.8 Å². The fraction of sp³-hybridized carbons (Fsp3) is 0.667. The molecule has 0 aliphatic heterocycles. The molecule has 164 valence electrons. The van der Waals surface area contributed by atoms with Crippen LogP contribution in [0.3, 0.4) is 0 Å². The molecule has 0 amide bonds. The zero-order valence-electron chi connectivity index (χ0n) is 17.9. The number of hydrogen-bond acceptors (Lipinski definition) is 4. The molecule has 29 heavy (non-hydrogen) atoms. The maximum atomic E-state index is 11.8. The summed E-state index contributed by atoms with van der Waals surface area (Å²) < 4.78 is 11.6. The lowest BCUT2D eigenvalue weighted by atomic mass is 10.1. The largest absolute Gasteiger partial charge is 0.466 e. The number of rotatable bonds is 17. The molecule has 0 radical (unpaired) electrons. The summed E-state index contributed by atoms with van der Waals surface area (Å²) in [7, 11) is 0. The van der Waals surface area contributed by atoms with Gasteiger partial charge in [0.2, 0.25) is 0 Å². The third-order valence-electron chi connectivity index (χ3n) is 4.81. The van der Waals surface area contributed by atoms with E-state index < -0.39 is 0 Å². The SMILES string of the molecule is CCCCCCCCCCCCOC(=O)CCCC(=O)OCc1cccc(I)c1. The Kier molecular flexibility index (Phi) is 15.8. The number of carbonyl (C=O) groups excluding carboxylic acids is 2. The van der Waals surface area contributed by atoms with Gasteiger partial charge in [0, 0.05) is 16.4 Å². The molecule has 1 rings (SSSR count). The molecule has 1 aromatic carbocycles. The summed E-state index contributed by atoms with van der Waals surface area (Å²) in [6.07, 6.45) is 13.6. The fourth-order valence-electron chi connectivity index (χ4n) is 3.09. The maximum Gasteiger partial charge on any atom is 0.306 e. The Morgan fingerprint density at radius 3 is 2.00 bits per heavy atom. The standard InChI is InChI=1S/C24H37IO4/c1-2-3-4-5-6-7-8-9-10-11-18-28-23(26)16-13-17-24(27)29-20-21-14-12-15-22(25)19-21/h12,14-15,19H,2-11,13,16-18,20H2,1H3. The Labute approximate surface area is 190 Å². The Balaban J connectivity index is 1.90. The summed E-state index contributed by atoms with van der Waals surface area (Å²) in [5.41, 5.74) is 0.973. The van der Waals surface area contributed by atoms with Crippen molar-refractivity contribution >= 4 is 34.5 Å². The molecule has 0 bridgehead atoms. The number of unbranched alkanes of at least 4 members (excludes halogenated alkanes) is 9. The molecule has 0 saturated carbocycles. The van der Waals surface area contributed by atoms with Crippen molar-refractivity contribution in [3.05, 3.63) is 33.4 Å².